The first-order chi connectivity index (χ1) is 13.9. The Morgan fingerprint density at radius 3 is 2.14 bits per heavy atom. The Bertz CT molecular complexity index is 951. The van der Waals surface area contributed by atoms with Gasteiger partial charge in [-0.1, -0.05) is 29.8 Å². The molecule has 0 radical (unpaired) electrons. The van der Waals surface area contributed by atoms with E-state index in [9.17, 15) is 19.2 Å². The van der Waals surface area contributed by atoms with Gasteiger partial charge >= 0.3 is 0 Å². The molecule has 0 spiro atoms. The van der Waals surface area contributed by atoms with Crippen LogP contribution in [0.4, 0.5) is 5.69 Å². The molecule has 1 heterocycles. The van der Waals surface area contributed by atoms with Crippen LogP contribution in [0, 0.1) is 13.8 Å². The largest absolute Gasteiger partial charge is 0.376 e. The van der Waals surface area contributed by atoms with Gasteiger partial charge in [-0.2, -0.15) is 0 Å². The van der Waals surface area contributed by atoms with Gasteiger partial charge in [0.15, 0.2) is 0 Å². The molecule has 150 valence electrons. The lowest BCUT2D eigenvalue weighted by atomic mass is 10.1. The normalized spacial score (nSPS) is 12.6. The van der Waals surface area contributed by atoms with E-state index < -0.39 is 23.6 Å². The number of carbonyl (C=O) groups is 4. The van der Waals surface area contributed by atoms with Gasteiger partial charge in [-0.25, -0.2) is 0 Å². The summed E-state index contributed by atoms with van der Waals surface area (Å²) in [6, 6.07) is 12.4. The third-order valence-electron chi connectivity index (χ3n) is 4.60. The van der Waals surface area contributed by atoms with Crippen molar-refractivity contribution in [2.45, 2.75) is 20.3 Å². The molecule has 8 nitrogen and oxygen atoms in total. The van der Waals surface area contributed by atoms with Crippen LogP contribution in [0.15, 0.2) is 42.5 Å². The molecular formula is C21H22N4O4. The first kappa shape index (κ1) is 20.1. The SMILES string of the molecule is Cc1ccc(NCC(=O)NNC(=O)CCN2C(=O)c3ccccc3C2=O)c(C)c1. The molecule has 0 atom stereocenters. The van der Waals surface area contributed by atoms with Crippen LogP contribution in [0.5, 0.6) is 0 Å². The van der Waals surface area contributed by atoms with Crippen LogP contribution in [0.1, 0.15) is 38.3 Å². The minimum atomic E-state index is -0.499. The molecule has 0 saturated carbocycles. The smallest absolute Gasteiger partial charge is 0.261 e. The Morgan fingerprint density at radius 1 is 0.897 bits per heavy atom. The van der Waals surface area contributed by atoms with Crippen molar-refractivity contribution in [2.24, 2.45) is 0 Å². The van der Waals surface area contributed by atoms with Crippen LogP contribution in [-0.4, -0.2) is 41.6 Å². The van der Waals surface area contributed by atoms with E-state index in [-0.39, 0.29) is 19.5 Å². The third kappa shape index (κ3) is 4.60. The van der Waals surface area contributed by atoms with Gasteiger partial charge in [-0.15, -0.1) is 0 Å². The molecule has 8 heteroatoms. The van der Waals surface area contributed by atoms with Crippen LogP contribution < -0.4 is 16.2 Å². The van der Waals surface area contributed by atoms with Crippen LogP contribution in [0.3, 0.4) is 0 Å². The summed E-state index contributed by atoms with van der Waals surface area (Å²) >= 11 is 0. The molecule has 1 aliphatic heterocycles. The molecule has 0 bridgehead atoms. The predicted octanol–water partition coefficient (Wildman–Crippen LogP) is 1.55. The quantitative estimate of drug-likeness (QED) is 0.509. The molecule has 0 fully saturated rings. The van der Waals surface area contributed by atoms with Crippen molar-refractivity contribution < 1.29 is 19.2 Å². The van der Waals surface area contributed by atoms with Gasteiger partial charge in [-0.05, 0) is 37.6 Å². The summed E-state index contributed by atoms with van der Waals surface area (Å²) in [6.45, 7) is 3.85. The van der Waals surface area contributed by atoms with Crippen LogP contribution >= 0.6 is 0 Å². The molecule has 3 N–H and O–H groups in total. The lowest BCUT2D eigenvalue weighted by Crippen LogP contribution is -2.45. The number of hydrogen-bond donors (Lipinski definition) is 3. The van der Waals surface area contributed by atoms with Gasteiger partial charge in [0.1, 0.15) is 0 Å². The highest BCUT2D eigenvalue weighted by Crippen LogP contribution is 2.22. The number of carbonyl (C=O) groups excluding carboxylic acids is 4. The molecule has 0 unspecified atom stereocenters. The van der Waals surface area contributed by atoms with Crippen molar-refractivity contribution in [3.8, 4) is 0 Å². The molecule has 29 heavy (non-hydrogen) atoms. The van der Waals surface area contributed by atoms with Crippen LogP contribution in [-0.2, 0) is 9.59 Å². The van der Waals surface area contributed by atoms with Crippen molar-refractivity contribution in [3.05, 3.63) is 64.7 Å². The number of hydrazine groups is 1. The summed E-state index contributed by atoms with van der Waals surface area (Å²) < 4.78 is 0. The van der Waals surface area contributed by atoms with Gasteiger partial charge in [0.05, 0.1) is 17.7 Å². The molecule has 1 aliphatic rings. The van der Waals surface area contributed by atoms with Crippen molar-refractivity contribution in [1.82, 2.24) is 15.8 Å². The number of nitrogens with one attached hydrogen (secondary N) is 3. The maximum absolute atomic E-state index is 12.2. The molecule has 4 amide bonds. The highest BCUT2D eigenvalue weighted by molar-refractivity contribution is 6.21. The summed E-state index contributed by atoms with van der Waals surface area (Å²) in [4.78, 5) is 49.4. The topological polar surface area (TPSA) is 108 Å². The maximum Gasteiger partial charge on any atom is 0.261 e. The summed E-state index contributed by atoms with van der Waals surface area (Å²) in [6.07, 6.45) is -0.115. The van der Waals surface area contributed by atoms with E-state index in [4.69, 9.17) is 0 Å². The highest BCUT2D eigenvalue weighted by Gasteiger charge is 2.34. The highest BCUT2D eigenvalue weighted by atomic mass is 16.2. The van der Waals surface area contributed by atoms with E-state index in [1.165, 1.54) is 0 Å². The number of benzene rings is 2. The van der Waals surface area contributed by atoms with E-state index >= 15 is 0 Å². The number of imide groups is 1. The minimum absolute atomic E-state index is 0.0113. The average molecular weight is 394 g/mol. The molecule has 0 aromatic heterocycles. The molecule has 0 aliphatic carbocycles. The van der Waals surface area contributed by atoms with Crippen molar-refractivity contribution in [2.75, 3.05) is 18.4 Å². The molecule has 2 aromatic rings. The van der Waals surface area contributed by atoms with Gasteiger partial charge in [-0.3, -0.25) is 34.9 Å². The standard InChI is InChI=1S/C21H22N4O4/c1-13-7-8-17(14(2)11-13)22-12-19(27)24-23-18(26)9-10-25-20(28)15-5-3-4-6-16(15)21(25)29/h3-8,11,22H,9-10,12H2,1-2H3,(H,23,26)(H,24,27). The lowest BCUT2D eigenvalue weighted by Gasteiger charge is -2.14. The Balaban J connectivity index is 1.42. The number of anilines is 1. The Morgan fingerprint density at radius 2 is 1.52 bits per heavy atom. The van der Waals surface area contributed by atoms with Crippen molar-refractivity contribution in [3.63, 3.8) is 0 Å². The van der Waals surface area contributed by atoms with Crippen molar-refractivity contribution >= 4 is 29.3 Å². The fourth-order valence-electron chi connectivity index (χ4n) is 3.09. The number of hydrogen-bond acceptors (Lipinski definition) is 5. The van der Waals surface area contributed by atoms with E-state index in [0.29, 0.717) is 11.1 Å². The predicted molar refractivity (Wildman–Crippen MR) is 107 cm³/mol. The summed E-state index contributed by atoms with van der Waals surface area (Å²) in [5.41, 5.74) is 8.25. The third-order valence-corrected chi connectivity index (χ3v) is 4.60. The molecule has 3 rings (SSSR count). The zero-order valence-electron chi connectivity index (χ0n) is 16.2. The second kappa shape index (κ2) is 8.55. The molecule has 2 aromatic carbocycles. The molecule has 0 saturated heterocycles. The number of aryl methyl sites for hydroxylation is 2. The van der Waals surface area contributed by atoms with Crippen LogP contribution in [0.2, 0.25) is 0 Å². The summed E-state index contributed by atoms with van der Waals surface area (Å²) in [7, 11) is 0. The average Bonchev–Trinajstić information content (AvgIpc) is 2.94. The van der Waals surface area contributed by atoms with Gasteiger partial charge < -0.3 is 5.32 Å². The van der Waals surface area contributed by atoms with E-state index in [2.05, 4.69) is 16.2 Å². The molecular weight excluding hydrogens is 372 g/mol. The number of rotatable bonds is 6. The Labute approximate surface area is 168 Å². The van der Waals surface area contributed by atoms with Gasteiger partial charge in [0, 0.05) is 18.7 Å². The van der Waals surface area contributed by atoms with Gasteiger partial charge in [0.25, 0.3) is 17.7 Å². The zero-order valence-corrected chi connectivity index (χ0v) is 16.2. The van der Waals surface area contributed by atoms with Crippen molar-refractivity contribution in [1.29, 1.82) is 0 Å². The first-order valence-corrected chi connectivity index (χ1v) is 9.21. The second-order valence-electron chi connectivity index (χ2n) is 6.83. The number of fused-ring (bicyclic) bond motifs is 1. The van der Waals surface area contributed by atoms with Gasteiger partial charge in [0.2, 0.25) is 5.91 Å². The minimum Gasteiger partial charge on any atom is -0.376 e. The van der Waals surface area contributed by atoms with E-state index in [1.54, 1.807) is 24.3 Å². The Kier molecular flexibility index (Phi) is 5.92. The monoisotopic (exact) mass is 394 g/mol. The Hall–Kier alpha value is -3.68. The summed E-state index contributed by atoms with van der Waals surface area (Å²) in [5.74, 6) is -1.75. The van der Waals surface area contributed by atoms with Crippen LogP contribution in [0.25, 0.3) is 0 Å². The second-order valence-corrected chi connectivity index (χ2v) is 6.83. The summed E-state index contributed by atoms with van der Waals surface area (Å²) in [5, 5.41) is 3.00. The fourth-order valence-corrected chi connectivity index (χ4v) is 3.09. The first-order valence-electron chi connectivity index (χ1n) is 9.21. The van der Waals surface area contributed by atoms with E-state index in [1.807, 2.05) is 32.0 Å². The maximum atomic E-state index is 12.2. The van der Waals surface area contributed by atoms with E-state index in [0.717, 1.165) is 21.7 Å². The number of amides is 4. The number of nitrogens with zero attached hydrogens (tertiary/aromatic N) is 1. The lowest BCUT2D eigenvalue weighted by molar-refractivity contribution is -0.128. The fraction of sp³-hybridized carbons (Fsp3) is 0.238. The zero-order chi connectivity index (χ0) is 21.0.